The summed E-state index contributed by atoms with van der Waals surface area (Å²) in [6.07, 6.45) is -8.80. The maximum absolute atomic E-state index is 13.6. The van der Waals surface area contributed by atoms with E-state index in [1.54, 1.807) is 60.7 Å². The van der Waals surface area contributed by atoms with Gasteiger partial charge in [0.15, 0.2) is 12.2 Å². The Morgan fingerprint density at radius 2 is 1.00 bits per heavy atom. The summed E-state index contributed by atoms with van der Waals surface area (Å²) < 4.78 is 30.7. The third-order valence-electron chi connectivity index (χ3n) is 8.61. The van der Waals surface area contributed by atoms with Gasteiger partial charge in [0.1, 0.15) is 31.2 Å². The van der Waals surface area contributed by atoms with Gasteiger partial charge in [-0.1, -0.05) is 118 Å². The van der Waals surface area contributed by atoms with E-state index in [9.17, 15) is 19.8 Å². The van der Waals surface area contributed by atoms with Crippen LogP contribution in [0.25, 0.3) is 0 Å². The molecule has 9 nitrogen and oxygen atoms in total. The van der Waals surface area contributed by atoms with Crippen molar-refractivity contribution in [1.82, 2.24) is 0 Å². The molecule has 5 rings (SSSR count). The van der Waals surface area contributed by atoms with Crippen LogP contribution < -0.4 is 10.4 Å². The van der Waals surface area contributed by atoms with E-state index < -0.39 is 61.9 Å². The molecule has 0 amide bonds. The van der Waals surface area contributed by atoms with Crippen LogP contribution in [0.2, 0.25) is 5.04 Å². The Bertz CT molecular complexity index is 1570. The lowest BCUT2D eigenvalue weighted by Crippen LogP contribution is -2.74. The average molecular weight is 671 g/mol. The molecule has 4 aromatic rings. The Morgan fingerprint density at radius 1 is 0.604 bits per heavy atom. The molecule has 0 aliphatic heterocycles. The highest BCUT2D eigenvalue weighted by atomic mass is 28.4. The normalized spacial score (nSPS) is 22.9. The smallest absolute Gasteiger partial charge is 0.338 e. The van der Waals surface area contributed by atoms with Crippen molar-refractivity contribution in [2.24, 2.45) is 0 Å². The monoisotopic (exact) mass is 670 g/mol. The van der Waals surface area contributed by atoms with Gasteiger partial charge in [-0.15, -0.1) is 0 Å². The van der Waals surface area contributed by atoms with Crippen LogP contribution in [0.4, 0.5) is 0 Å². The van der Waals surface area contributed by atoms with Gasteiger partial charge < -0.3 is 33.6 Å². The lowest BCUT2D eigenvalue weighted by atomic mass is 9.84. The van der Waals surface area contributed by atoms with E-state index in [1.807, 2.05) is 60.7 Å². The molecule has 1 saturated carbocycles. The topological polar surface area (TPSA) is 121 Å². The Kier molecular flexibility index (Phi) is 11.3. The quantitative estimate of drug-likeness (QED) is 0.138. The van der Waals surface area contributed by atoms with Gasteiger partial charge in [-0.3, -0.25) is 0 Å². The Labute approximate surface area is 282 Å². The average Bonchev–Trinajstić information content (AvgIpc) is 3.11. The highest BCUT2D eigenvalue weighted by molar-refractivity contribution is 6.99. The van der Waals surface area contributed by atoms with Crippen LogP contribution in [0.5, 0.6) is 0 Å². The predicted molar refractivity (Wildman–Crippen MR) is 183 cm³/mol. The fourth-order valence-electron chi connectivity index (χ4n) is 6.32. The minimum absolute atomic E-state index is 0.215. The standard InChI is InChI=1S/C38H42O9Si/c1-38(2,3)48(28-21-13-7-14-22-28,29-23-15-8-16-24-29)47-33-31(40)30(39)32(45-36(41)26-17-9-5-10-18-26)35(34(33)44-25-43-4)46-37(42)27-19-11-6-12-20-27/h5-24,30-35,39-40H,25H2,1-4H3/t30-,31+,32+,33+,34-,35-/m0/s1. The van der Waals surface area contributed by atoms with Crippen molar-refractivity contribution in [2.45, 2.75) is 62.4 Å². The summed E-state index contributed by atoms with van der Waals surface area (Å²) in [4.78, 5) is 26.9. The van der Waals surface area contributed by atoms with Gasteiger partial charge in [0.25, 0.3) is 8.32 Å². The molecule has 6 atom stereocenters. The van der Waals surface area contributed by atoms with Crippen LogP contribution in [-0.2, 0) is 23.4 Å². The van der Waals surface area contributed by atoms with Crippen molar-refractivity contribution < 1.29 is 43.2 Å². The number of hydrogen-bond donors (Lipinski definition) is 2. The van der Waals surface area contributed by atoms with Gasteiger partial charge in [-0.05, 0) is 39.7 Å². The lowest BCUT2D eigenvalue weighted by Gasteiger charge is -2.51. The Balaban J connectivity index is 1.64. The SMILES string of the molecule is COCO[C@@H]1[C@@H](OC(=O)c2ccccc2)[C@H](OC(=O)c2ccccc2)[C@@H](O)[C@@H](O)[C@H]1O[Si](c1ccccc1)(c1ccccc1)C(C)(C)C. The maximum Gasteiger partial charge on any atom is 0.338 e. The van der Waals surface area contributed by atoms with E-state index in [-0.39, 0.29) is 17.9 Å². The maximum atomic E-state index is 13.6. The van der Waals surface area contributed by atoms with E-state index >= 15 is 0 Å². The van der Waals surface area contributed by atoms with Crippen molar-refractivity contribution in [3.63, 3.8) is 0 Å². The number of rotatable bonds is 11. The fourth-order valence-corrected chi connectivity index (χ4v) is 11.0. The largest absolute Gasteiger partial charge is 0.452 e. The van der Waals surface area contributed by atoms with Crippen LogP contribution in [0.3, 0.4) is 0 Å². The van der Waals surface area contributed by atoms with Gasteiger partial charge in [0, 0.05) is 7.11 Å². The first-order valence-corrected chi connectivity index (χ1v) is 17.8. The molecule has 0 unspecified atom stereocenters. The van der Waals surface area contributed by atoms with Crippen LogP contribution in [0.15, 0.2) is 121 Å². The molecule has 48 heavy (non-hydrogen) atoms. The van der Waals surface area contributed by atoms with Crippen molar-refractivity contribution >= 4 is 30.6 Å². The third kappa shape index (κ3) is 7.29. The number of hydrogen-bond acceptors (Lipinski definition) is 9. The second-order valence-corrected chi connectivity index (χ2v) is 17.0. The molecular formula is C38H42O9Si. The lowest BCUT2D eigenvalue weighted by molar-refractivity contribution is -0.245. The zero-order chi connectivity index (χ0) is 34.3. The molecule has 1 aliphatic rings. The summed E-state index contributed by atoms with van der Waals surface area (Å²) in [5.74, 6) is -1.51. The highest BCUT2D eigenvalue weighted by Crippen LogP contribution is 2.41. The van der Waals surface area contributed by atoms with Crippen LogP contribution in [0, 0.1) is 0 Å². The van der Waals surface area contributed by atoms with Gasteiger partial charge in [-0.2, -0.15) is 0 Å². The van der Waals surface area contributed by atoms with Gasteiger partial charge >= 0.3 is 11.9 Å². The fraction of sp³-hybridized carbons (Fsp3) is 0.316. The minimum atomic E-state index is -3.37. The molecular weight excluding hydrogens is 628 g/mol. The Hall–Kier alpha value is -4.16. The second-order valence-electron chi connectivity index (χ2n) is 12.7. The summed E-state index contributed by atoms with van der Waals surface area (Å²) in [5.41, 5.74) is 0.452. The van der Waals surface area contributed by atoms with E-state index in [0.717, 1.165) is 10.4 Å². The van der Waals surface area contributed by atoms with Gasteiger partial charge in [0.2, 0.25) is 0 Å². The number of methoxy groups -OCH3 is 1. The van der Waals surface area contributed by atoms with Crippen LogP contribution in [0.1, 0.15) is 41.5 Å². The van der Waals surface area contributed by atoms with Crippen LogP contribution >= 0.6 is 0 Å². The molecule has 0 spiro atoms. The highest BCUT2D eigenvalue weighted by Gasteiger charge is 2.60. The molecule has 0 bridgehead atoms. The summed E-state index contributed by atoms with van der Waals surface area (Å²) in [6, 6.07) is 36.1. The summed E-state index contributed by atoms with van der Waals surface area (Å²) in [5, 5.41) is 25.0. The number of ether oxygens (including phenoxy) is 4. The Morgan fingerprint density at radius 3 is 1.42 bits per heavy atom. The minimum Gasteiger partial charge on any atom is -0.452 e. The zero-order valence-electron chi connectivity index (χ0n) is 27.5. The molecule has 1 aliphatic carbocycles. The molecule has 252 valence electrons. The molecule has 10 heteroatoms. The van der Waals surface area contributed by atoms with E-state index in [1.165, 1.54) is 7.11 Å². The predicted octanol–water partition coefficient (Wildman–Crippen LogP) is 4.11. The van der Waals surface area contributed by atoms with Crippen LogP contribution in [-0.4, -0.2) is 81.0 Å². The molecule has 2 N–H and O–H groups in total. The summed E-state index contributed by atoms with van der Waals surface area (Å²) in [6.45, 7) is 5.96. The van der Waals surface area contributed by atoms with E-state index in [2.05, 4.69) is 20.8 Å². The van der Waals surface area contributed by atoms with Crippen molar-refractivity contribution in [2.75, 3.05) is 13.9 Å². The van der Waals surface area contributed by atoms with Crippen molar-refractivity contribution in [3.8, 4) is 0 Å². The number of carbonyl (C=O) groups excluding carboxylic acids is 2. The molecule has 0 heterocycles. The molecule has 1 fully saturated rings. The number of aliphatic hydroxyl groups excluding tert-OH is 2. The van der Waals surface area contributed by atoms with Crippen molar-refractivity contribution in [3.05, 3.63) is 132 Å². The molecule has 0 aromatic heterocycles. The van der Waals surface area contributed by atoms with E-state index in [0.29, 0.717) is 0 Å². The third-order valence-corrected chi connectivity index (χ3v) is 13.6. The first-order chi connectivity index (χ1) is 23.1. The van der Waals surface area contributed by atoms with E-state index in [4.69, 9.17) is 23.4 Å². The number of carbonyl (C=O) groups is 2. The number of benzene rings is 4. The molecule has 4 aromatic carbocycles. The first-order valence-electron chi connectivity index (χ1n) is 15.9. The number of aliphatic hydroxyl groups is 2. The summed E-state index contributed by atoms with van der Waals surface area (Å²) >= 11 is 0. The van der Waals surface area contributed by atoms with Crippen molar-refractivity contribution in [1.29, 1.82) is 0 Å². The zero-order valence-corrected chi connectivity index (χ0v) is 28.5. The first kappa shape index (κ1) is 35.2. The molecule has 0 radical (unpaired) electrons. The summed E-state index contributed by atoms with van der Waals surface area (Å²) in [7, 11) is -1.93. The van der Waals surface area contributed by atoms with Gasteiger partial charge in [-0.25, -0.2) is 9.59 Å². The number of esters is 2. The second kappa shape index (κ2) is 15.4. The molecule has 0 saturated heterocycles. The van der Waals surface area contributed by atoms with Gasteiger partial charge in [0.05, 0.1) is 11.1 Å².